The smallest absolute Gasteiger partial charge is 0.253 e. The molecule has 2 amide bonds. The first-order valence-electron chi connectivity index (χ1n) is 11.2. The number of hydrogen-bond acceptors (Lipinski definition) is 4. The van der Waals surface area contributed by atoms with Crippen molar-refractivity contribution in [2.45, 2.75) is 26.9 Å². The zero-order valence-electron chi connectivity index (χ0n) is 18.9. The van der Waals surface area contributed by atoms with Gasteiger partial charge in [0.25, 0.3) is 11.8 Å². The molecule has 0 saturated carbocycles. The summed E-state index contributed by atoms with van der Waals surface area (Å²) in [6.45, 7) is 11.0. The Morgan fingerprint density at radius 2 is 1.39 bits per heavy atom. The number of likely N-dealkylation sites (N-methyl/N-ethyl adjacent to an activating group) is 1. The molecule has 1 saturated heterocycles. The molecule has 2 aromatic carbocycles. The minimum Gasteiger partial charge on any atom is -0.348 e. The van der Waals surface area contributed by atoms with E-state index in [-0.39, 0.29) is 11.8 Å². The molecule has 2 aromatic rings. The monoisotopic (exact) mass is 422 g/mol. The second-order valence-electron chi connectivity index (χ2n) is 8.13. The average molecular weight is 423 g/mol. The van der Waals surface area contributed by atoms with Gasteiger partial charge in [0.2, 0.25) is 0 Å². The summed E-state index contributed by atoms with van der Waals surface area (Å²) in [5, 5.41) is 2.96. The summed E-state index contributed by atoms with van der Waals surface area (Å²) in [6, 6.07) is 15.3. The number of carbonyl (C=O) groups is 2. The van der Waals surface area contributed by atoms with Crippen molar-refractivity contribution < 1.29 is 9.59 Å². The van der Waals surface area contributed by atoms with E-state index in [0.717, 1.165) is 51.4 Å². The summed E-state index contributed by atoms with van der Waals surface area (Å²) >= 11 is 0. The van der Waals surface area contributed by atoms with E-state index in [2.05, 4.69) is 36.0 Å². The largest absolute Gasteiger partial charge is 0.348 e. The van der Waals surface area contributed by atoms with Crippen LogP contribution in [-0.4, -0.2) is 72.8 Å². The fourth-order valence-corrected chi connectivity index (χ4v) is 3.71. The van der Waals surface area contributed by atoms with Crippen LogP contribution in [0.5, 0.6) is 0 Å². The van der Waals surface area contributed by atoms with Crippen LogP contribution in [0.2, 0.25) is 0 Å². The maximum Gasteiger partial charge on any atom is 0.253 e. The van der Waals surface area contributed by atoms with E-state index in [1.807, 2.05) is 53.4 Å². The van der Waals surface area contributed by atoms with Crippen LogP contribution in [0.15, 0.2) is 48.5 Å². The summed E-state index contributed by atoms with van der Waals surface area (Å²) in [6.07, 6.45) is 0. The summed E-state index contributed by atoms with van der Waals surface area (Å²) in [7, 11) is 2.07. The fourth-order valence-electron chi connectivity index (χ4n) is 3.71. The van der Waals surface area contributed by atoms with Crippen molar-refractivity contribution in [3.8, 4) is 0 Å². The van der Waals surface area contributed by atoms with Crippen LogP contribution >= 0.6 is 0 Å². The minimum absolute atomic E-state index is 0.0773. The highest BCUT2D eigenvalue weighted by Gasteiger charge is 2.20. The Morgan fingerprint density at radius 1 is 0.839 bits per heavy atom. The van der Waals surface area contributed by atoms with E-state index < -0.39 is 0 Å². The van der Waals surface area contributed by atoms with Gasteiger partial charge in [0, 0.05) is 50.4 Å². The van der Waals surface area contributed by atoms with E-state index in [1.54, 1.807) is 0 Å². The number of piperazine rings is 1. The highest BCUT2D eigenvalue weighted by Crippen LogP contribution is 2.11. The first kappa shape index (κ1) is 23.0. The van der Waals surface area contributed by atoms with Gasteiger partial charge >= 0.3 is 0 Å². The van der Waals surface area contributed by atoms with Crippen LogP contribution < -0.4 is 5.32 Å². The zero-order valence-corrected chi connectivity index (χ0v) is 18.9. The van der Waals surface area contributed by atoms with Gasteiger partial charge < -0.3 is 15.1 Å². The van der Waals surface area contributed by atoms with Crippen LogP contribution in [0, 0.1) is 0 Å². The Hall–Kier alpha value is -2.70. The highest BCUT2D eigenvalue weighted by atomic mass is 16.2. The predicted molar refractivity (Wildman–Crippen MR) is 124 cm³/mol. The standard InChI is InChI=1S/C25H34N4O2/c1-4-28(5-2)19-21-8-10-22(11-9-21)24(30)26-18-20-6-12-23(13-7-20)25(31)29-16-14-27(3)15-17-29/h6-13H,4-5,14-19H2,1-3H3,(H,26,30). The first-order chi connectivity index (χ1) is 15.0. The van der Waals surface area contributed by atoms with Gasteiger partial charge in [-0.15, -0.1) is 0 Å². The number of benzene rings is 2. The van der Waals surface area contributed by atoms with Crippen molar-refractivity contribution in [3.63, 3.8) is 0 Å². The topological polar surface area (TPSA) is 55.9 Å². The molecule has 1 fully saturated rings. The average Bonchev–Trinajstić information content (AvgIpc) is 2.81. The number of carbonyl (C=O) groups excluding carboxylic acids is 2. The van der Waals surface area contributed by atoms with Crippen LogP contribution in [0.1, 0.15) is 45.7 Å². The molecule has 1 aliphatic heterocycles. The van der Waals surface area contributed by atoms with E-state index in [1.165, 1.54) is 5.56 Å². The molecule has 0 unspecified atom stereocenters. The molecule has 6 heteroatoms. The number of nitrogens with zero attached hydrogens (tertiary/aromatic N) is 3. The van der Waals surface area contributed by atoms with Crippen LogP contribution in [-0.2, 0) is 13.1 Å². The van der Waals surface area contributed by atoms with Gasteiger partial charge in [-0.1, -0.05) is 38.1 Å². The van der Waals surface area contributed by atoms with E-state index in [9.17, 15) is 9.59 Å². The van der Waals surface area contributed by atoms with Gasteiger partial charge in [0.1, 0.15) is 0 Å². The SMILES string of the molecule is CCN(CC)Cc1ccc(C(=O)NCc2ccc(C(=O)N3CCN(C)CC3)cc2)cc1. The summed E-state index contributed by atoms with van der Waals surface area (Å²) in [4.78, 5) is 31.6. The van der Waals surface area contributed by atoms with Gasteiger partial charge in [-0.25, -0.2) is 0 Å². The Balaban J connectivity index is 1.50. The van der Waals surface area contributed by atoms with Crippen LogP contribution in [0.3, 0.4) is 0 Å². The zero-order chi connectivity index (χ0) is 22.2. The fraction of sp³-hybridized carbons (Fsp3) is 0.440. The molecule has 3 rings (SSSR count). The third kappa shape index (κ3) is 6.39. The third-order valence-corrected chi connectivity index (χ3v) is 5.96. The second-order valence-corrected chi connectivity index (χ2v) is 8.13. The maximum absolute atomic E-state index is 12.6. The Bertz CT molecular complexity index is 852. The van der Waals surface area contributed by atoms with Crippen molar-refractivity contribution in [1.82, 2.24) is 20.0 Å². The molecule has 0 atom stereocenters. The predicted octanol–water partition coefficient (Wildman–Crippen LogP) is 2.85. The molecule has 0 spiro atoms. The third-order valence-electron chi connectivity index (χ3n) is 5.96. The molecular weight excluding hydrogens is 388 g/mol. The Kier molecular flexibility index (Phi) is 8.20. The van der Waals surface area contributed by atoms with Crippen molar-refractivity contribution in [1.29, 1.82) is 0 Å². The summed E-state index contributed by atoms with van der Waals surface area (Å²) < 4.78 is 0. The Labute approximate surface area is 185 Å². The van der Waals surface area contributed by atoms with Crippen molar-refractivity contribution in [2.75, 3.05) is 46.3 Å². The molecule has 6 nitrogen and oxygen atoms in total. The maximum atomic E-state index is 12.6. The van der Waals surface area contributed by atoms with Gasteiger partial charge in [0.15, 0.2) is 0 Å². The van der Waals surface area contributed by atoms with Crippen LogP contribution in [0.4, 0.5) is 0 Å². The van der Waals surface area contributed by atoms with E-state index >= 15 is 0 Å². The van der Waals surface area contributed by atoms with Gasteiger partial charge in [-0.2, -0.15) is 0 Å². The minimum atomic E-state index is -0.0908. The molecule has 0 aliphatic carbocycles. The molecule has 1 N–H and O–H groups in total. The van der Waals surface area contributed by atoms with Gasteiger partial charge in [-0.05, 0) is 55.5 Å². The molecule has 1 heterocycles. The first-order valence-corrected chi connectivity index (χ1v) is 11.2. The lowest BCUT2D eigenvalue weighted by Gasteiger charge is -2.32. The van der Waals surface area contributed by atoms with Gasteiger partial charge in [0.05, 0.1) is 0 Å². The van der Waals surface area contributed by atoms with Crippen molar-refractivity contribution in [3.05, 3.63) is 70.8 Å². The number of hydrogen-bond donors (Lipinski definition) is 1. The number of rotatable bonds is 8. The molecule has 1 aliphatic rings. The lowest BCUT2D eigenvalue weighted by atomic mass is 10.1. The van der Waals surface area contributed by atoms with E-state index in [0.29, 0.717) is 17.7 Å². The molecule has 0 aromatic heterocycles. The number of amides is 2. The van der Waals surface area contributed by atoms with Gasteiger partial charge in [-0.3, -0.25) is 14.5 Å². The van der Waals surface area contributed by atoms with Crippen molar-refractivity contribution >= 4 is 11.8 Å². The van der Waals surface area contributed by atoms with Crippen LogP contribution in [0.25, 0.3) is 0 Å². The quantitative estimate of drug-likeness (QED) is 0.711. The highest BCUT2D eigenvalue weighted by molar-refractivity contribution is 5.95. The second kappa shape index (κ2) is 11.1. The molecule has 166 valence electrons. The van der Waals surface area contributed by atoms with E-state index in [4.69, 9.17) is 0 Å². The van der Waals surface area contributed by atoms with Crippen molar-refractivity contribution in [2.24, 2.45) is 0 Å². The summed E-state index contributed by atoms with van der Waals surface area (Å²) in [5.41, 5.74) is 3.54. The molecule has 31 heavy (non-hydrogen) atoms. The lowest BCUT2D eigenvalue weighted by Crippen LogP contribution is -2.47. The molecule has 0 radical (unpaired) electrons. The molecular formula is C25H34N4O2. The lowest BCUT2D eigenvalue weighted by molar-refractivity contribution is 0.0664. The normalized spacial score (nSPS) is 14.6. The summed E-state index contributed by atoms with van der Waals surface area (Å²) in [5.74, 6) is -0.0135. The Morgan fingerprint density at radius 3 is 1.97 bits per heavy atom. The number of nitrogens with one attached hydrogen (secondary N) is 1. The molecule has 0 bridgehead atoms.